The zero-order chi connectivity index (χ0) is 34.0. The number of likely N-dealkylation sites (tertiary alicyclic amines) is 1. The van der Waals surface area contributed by atoms with Crippen LogP contribution < -0.4 is 0 Å². The minimum absolute atomic E-state index is 0.105. The Hall–Kier alpha value is -3.50. The highest BCUT2D eigenvalue weighted by Crippen LogP contribution is 2.59. The molecule has 252 valence electrons. The molecule has 3 aliphatic heterocycles. The first-order valence-corrected chi connectivity index (χ1v) is 16.4. The number of nitrogens with zero attached hydrogens (tertiary/aromatic N) is 3. The third kappa shape index (κ3) is 6.26. The first-order valence-electron chi connectivity index (χ1n) is 16.4. The summed E-state index contributed by atoms with van der Waals surface area (Å²) < 4.78 is 12.9. The average molecular weight is 638 g/mol. The van der Waals surface area contributed by atoms with E-state index in [2.05, 4.69) is 13.2 Å². The smallest absolute Gasteiger partial charge is 0.313 e. The lowest BCUT2D eigenvalue weighted by molar-refractivity contribution is -0.165. The molecule has 10 heteroatoms. The third-order valence-corrected chi connectivity index (χ3v) is 10.1. The van der Waals surface area contributed by atoms with Crippen molar-refractivity contribution in [2.24, 2.45) is 11.8 Å². The Kier molecular flexibility index (Phi) is 10.8. The van der Waals surface area contributed by atoms with Crippen molar-refractivity contribution in [2.75, 3.05) is 20.2 Å². The summed E-state index contributed by atoms with van der Waals surface area (Å²) in [7, 11) is 1.69. The zero-order valence-electron chi connectivity index (χ0n) is 28.2. The van der Waals surface area contributed by atoms with Gasteiger partial charge in [0.15, 0.2) is 0 Å². The van der Waals surface area contributed by atoms with Crippen molar-refractivity contribution < 1.29 is 33.8 Å². The highest BCUT2D eigenvalue weighted by Gasteiger charge is 2.76. The van der Waals surface area contributed by atoms with Crippen molar-refractivity contribution in [2.45, 2.75) is 108 Å². The fourth-order valence-electron chi connectivity index (χ4n) is 7.54. The van der Waals surface area contributed by atoms with E-state index < -0.39 is 59.3 Å². The molecule has 4 rings (SSSR count). The maximum absolute atomic E-state index is 14.5. The Morgan fingerprint density at radius 2 is 1.87 bits per heavy atom. The van der Waals surface area contributed by atoms with Crippen LogP contribution in [0.4, 0.5) is 0 Å². The Bertz CT molecular complexity index is 1310. The largest absolute Gasteiger partial charge is 0.455 e. The van der Waals surface area contributed by atoms with Crippen molar-refractivity contribution in [3.63, 3.8) is 0 Å². The summed E-state index contributed by atoms with van der Waals surface area (Å²) in [5.74, 6) is -3.26. The van der Waals surface area contributed by atoms with Crippen molar-refractivity contribution in [1.82, 2.24) is 14.7 Å². The molecular weight excluding hydrogens is 586 g/mol. The van der Waals surface area contributed by atoms with Crippen LogP contribution in [0.15, 0.2) is 55.6 Å². The molecule has 0 unspecified atom stereocenters. The lowest BCUT2D eigenvalue weighted by Crippen LogP contribution is -2.61. The number of hydrogen-bond donors (Lipinski definition) is 1. The number of allylic oxidation sites excluding steroid dienone is 1. The van der Waals surface area contributed by atoms with Crippen LogP contribution in [-0.2, 0) is 28.7 Å². The maximum atomic E-state index is 14.5. The number of aliphatic hydroxyl groups excluding tert-OH is 1. The van der Waals surface area contributed by atoms with Gasteiger partial charge in [0.1, 0.15) is 17.7 Å². The van der Waals surface area contributed by atoms with E-state index in [1.165, 1.54) is 4.90 Å². The van der Waals surface area contributed by atoms with Crippen molar-refractivity contribution >= 4 is 23.7 Å². The Morgan fingerprint density at radius 1 is 1.20 bits per heavy atom. The Labute approximate surface area is 273 Å². The van der Waals surface area contributed by atoms with Crippen molar-refractivity contribution in [1.29, 1.82) is 0 Å². The molecule has 0 saturated carbocycles. The van der Waals surface area contributed by atoms with Gasteiger partial charge in [0.2, 0.25) is 17.7 Å². The molecule has 46 heavy (non-hydrogen) atoms. The molecule has 3 saturated heterocycles. The van der Waals surface area contributed by atoms with Crippen molar-refractivity contribution in [3.8, 4) is 0 Å². The fourth-order valence-corrected chi connectivity index (χ4v) is 7.54. The monoisotopic (exact) mass is 637 g/mol. The molecule has 1 aromatic rings. The maximum Gasteiger partial charge on any atom is 0.313 e. The van der Waals surface area contributed by atoms with Gasteiger partial charge in [-0.1, -0.05) is 49.4 Å². The molecule has 0 aliphatic carbocycles. The number of esters is 1. The predicted octanol–water partition coefficient (Wildman–Crippen LogP) is 4.04. The summed E-state index contributed by atoms with van der Waals surface area (Å²) in [6, 6.07) is 7.09. The summed E-state index contributed by atoms with van der Waals surface area (Å²) >= 11 is 0. The Morgan fingerprint density at radius 3 is 2.43 bits per heavy atom. The van der Waals surface area contributed by atoms with Gasteiger partial charge in [-0.05, 0) is 58.9 Å². The number of hydrogen-bond acceptors (Lipinski definition) is 7. The lowest BCUT2D eigenvalue weighted by Gasteiger charge is -2.43. The molecule has 3 amide bonds. The second kappa shape index (κ2) is 14.1. The van der Waals surface area contributed by atoms with Crippen LogP contribution in [0.25, 0.3) is 0 Å². The van der Waals surface area contributed by atoms with Gasteiger partial charge in [-0.15, -0.1) is 13.2 Å². The Balaban J connectivity index is 1.72. The first-order chi connectivity index (χ1) is 21.8. The highest BCUT2D eigenvalue weighted by molar-refractivity contribution is 5.98. The summed E-state index contributed by atoms with van der Waals surface area (Å²) in [4.78, 5) is 61.0. The molecular formula is C36H51N3O7. The van der Waals surface area contributed by atoms with E-state index in [0.29, 0.717) is 25.7 Å². The second-order valence-electron chi connectivity index (χ2n) is 13.8. The van der Waals surface area contributed by atoms with Crippen LogP contribution in [0.5, 0.6) is 0 Å². The summed E-state index contributed by atoms with van der Waals surface area (Å²) in [5, 5.41) is 10.4. The summed E-state index contributed by atoms with van der Waals surface area (Å²) in [6.07, 6.45) is 4.07. The number of benzene rings is 1. The van der Waals surface area contributed by atoms with Crippen LogP contribution in [0.2, 0.25) is 0 Å². The number of carbonyl (C=O) groups is 4. The SMILES string of the molecule is C=CCCC(=O)N(C)[C@H](C)[C@H](OC(=O)[C@@H]1[C@@H]2CC[C@]3(O2)[C@H](C(=O)N(CC=C)C(C)(C)C)N([C@@H](CC)CO)C(=O)[C@@H]13)c1ccccc1. The van der Waals surface area contributed by atoms with Crippen LogP contribution >= 0.6 is 0 Å². The van der Waals surface area contributed by atoms with Gasteiger partial charge in [-0.25, -0.2) is 0 Å². The minimum Gasteiger partial charge on any atom is -0.455 e. The lowest BCUT2D eigenvalue weighted by atomic mass is 9.70. The van der Waals surface area contributed by atoms with Gasteiger partial charge in [0.05, 0.1) is 36.6 Å². The number of fused-ring (bicyclic) bond motifs is 1. The zero-order valence-corrected chi connectivity index (χ0v) is 28.2. The van der Waals surface area contributed by atoms with E-state index >= 15 is 0 Å². The summed E-state index contributed by atoms with van der Waals surface area (Å²) in [5.41, 5.74) is -1.10. The molecule has 1 spiro atoms. The third-order valence-electron chi connectivity index (χ3n) is 10.1. The first kappa shape index (κ1) is 35.4. The average Bonchev–Trinajstić information content (AvgIpc) is 3.68. The number of rotatable bonds is 14. The molecule has 0 radical (unpaired) electrons. The predicted molar refractivity (Wildman–Crippen MR) is 174 cm³/mol. The van der Waals surface area contributed by atoms with E-state index in [9.17, 15) is 24.3 Å². The number of carbonyl (C=O) groups excluding carboxylic acids is 4. The standard InChI is InChI=1S/C36H51N3O7/c1-9-12-18-27(41)37(8)23(4)30(24-16-14-13-15-17-24)45-34(44)28-26-19-20-36(46-26)29(28)32(42)39(25(11-3)22-40)31(36)33(43)38(21-10-2)35(5,6)7/h9-10,13-17,23,25-26,28-31,40H,1-2,11-12,18-22H2,3-8H3/t23-,25+,26+,28-,29-,30+,31+,36-/m1/s1. The van der Waals surface area contributed by atoms with Crippen molar-refractivity contribution in [3.05, 3.63) is 61.2 Å². The molecule has 3 aliphatic rings. The van der Waals surface area contributed by atoms with Gasteiger partial charge in [0, 0.05) is 25.6 Å². The van der Waals surface area contributed by atoms with Gasteiger partial charge in [-0.2, -0.15) is 0 Å². The molecule has 3 fully saturated rings. The van der Waals surface area contributed by atoms with Gasteiger partial charge < -0.3 is 29.3 Å². The second-order valence-corrected chi connectivity index (χ2v) is 13.8. The normalized spacial score (nSPS) is 27.0. The highest BCUT2D eigenvalue weighted by atomic mass is 16.6. The summed E-state index contributed by atoms with van der Waals surface area (Å²) in [6.45, 7) is 16.9. The molecule has 10 nitrogen and oxygen atoms in total. The van der Waals surface area contributed by atoms with Gasteiger partial charge in [0.25, 0.3) is 0 Å². The van der Waals surface area contributed by atoms with E-state index in [-0.39, 0.29) is 37.3 Å². The molecule has 1 N–H and O–H groups in total. The topological polar surface area (TPSA) is 117 Å². The molecule has 0 aromatic heterocycles. The minimum atomic E-state index is -1.24. The number of likely N-dealkylation sites (N-methyl/N-ethyl adjacent to an activating group) is 1. The van der Waals surface area contributed by atoms with Crippen LogP contribution in [0.3, 0.4) is 0 Å². The van der Waals surface area contributed by atoms with Crippen LogP contribution in [-0.4, -0.2) is 99.1 Å². The van der Waals surface area contributed by atoms with E-state index in [0.717, 1.165) is 5.56 Å². The molecule has 8 atom stereocenters. The molecule has 1 aromatic carbocycles. The quantitative estimate of drug-likeness (QED) is 0.242. The van der Waals surface area contributed by atoms with E-state index in [4.69, 9.17) is 9.47 Å². The van der Waals surface area contributed by atoms with Crippen LogP contribution in [0, 0.1) is 11.8 Å². The van der Waals surface area contributed by atoms with Crippen LogP contribution in [0.1, 0.15) is 78.4 Å². The fraction of sp³-hybridized carbons (Fsp3) is 0.611. The van der Waals surface area contributed by atoms with Gasteiger partial charge in [-0.3, -0.25) is 19.2 Å². The van der Waals surface area contributed by atoms with E-state index in [1.807, 2.05) is 65.0 Å². The molecule has 2 bridgehead atoms. The number of aliphatic hydroxyl groups is 1. The van der Waals surface area contributed by atoms with Gasteiger partial charge >= 0.3 is 5.97 Å². The number of ether oxygens (including phenoxy) is 2. The van der Waals surface area contributed by atoms with E-state index in [1.54, 1.807) is 29.0 Å². The molecule has 3 heterocycles. The number of amides is 3.